The third kappa shape index (κ3) is 5.78. The smallest absolute Gasteiger partial charge is 0.331 e. The molecule has 23 heavy (non-hydrogen) atoms. The van der Waals surface area contributed by atoms with Crippen molar-refractivity contribution in [2.24, 2.45) is 5.92 Å². The van der Waals surface area contributed by atoms with Crippen LogP contribution in [0, 0.1) is 5.92 Å². The number of nitrogens with zero attached hydrogens (tertiary/aromatic N) is 1. The largest absolute Gasteiger partial charge is 0.464 e. The van der Waals surface area contributed by atoms with Gasteiger partial charge in [0.1, 0.15) is 6.04 Å². The summed E-state index contributed by atoms with van der Waals surface area (Å²) in [5, 5.41) is 0. The van der Waals surface area contributed by atoms with Gasteiger partial charge < -0.3 is 18.7 Å². The molecule has 1 fully saturated rings. The zero-order chi connectivity index (χ0) is 17.5. The lowest BCUT2D eigenvalue weighted by Gasteiger charge is -2.27. The second kappa shape index (κ2) is 9.67. The van der Waals surface area contributed by atoms with Crippen LogP contribution in [0.15, 0.2) is 0 Å². The first kappa shape index (κ1) is 20.5. The molecule has 2 atom stereocenters. The first-order valence-electron chi connectivity index (χ1n) is 7.81. The van der Waals surface area contributed by atoms with Gasteiger partial charge in [0.2, 0.25) is 5.91 Å². The molecule has 1 heterocycles. The minimum absolute atomic E-state index is 0.00419. The predicted octanol–water partition coefficient (Wildman–Crippen LogP) is 2.35. The van der Waals surface area contributed by atoms with E-state index in [0.717, 1.165) is 0 Å². The summed E-state index contributed by atoms with van der Waals surface area (Å²) in [6, 6.07) is -0.575. The Balaban J connectivity index is 2.74. The summed E-state index contributed by atoms with van der Waals surface area (Å²) in [5.74, 6) is -0.232. The highest BCUT2D eigenvalue weighted by atomic mass is 32.2. The fraction of sp³-hybridized carbons (Fsp3) is 0.857. The Morgan fingerprint density at radius 3 is 2.35 bits per heavy atom. The second-order valence-corrected chi connectivity index (χ2v) is 8.21. The minimum atomic E-state index is -3.30. The first-order valence-corrected chi connectivity index (χ1v) is 10.7. The summed E-state index contributed by atoms with van der Waals surface area (Å²) in [4.78, 5) is 26.1. The van der Waals surface area contributed by atoms with Crippen molar-refractivity contribution in [3.8, 4) is 0 Å². The van der Waals surface area contributed by atoms with Gasteiger partial charge in [-0.2, -0.15) is 0 Å². The molecular weight excluding hydrogens is 341 g/mol. The van der Waals surface area contributed by atoms with Crippen LogP contribution in [0.3, 0.4) is 0 Å². The lowest BCUT2D eigenvalue weighted by Crippen LogP contribution is -2.45. The normalized spacial score (nSPS) is 19.7. The number of thioether (sulfide) groups is 1. The van der Waals surface area contributed by atoms with Crippen molar-refractivity contribution < 1.29 is 27.9 Å². The number of hydrogen-bond acceptors (Lipinski definition) is 7. The van der Waals surface area contributed by atoms with Crippen molar-refractivity contribution in [2.45, 2.75) is 33.7 Å². The maximum atomic E-state index is 12.6. The Labute approximate surface area is 141 Å². The van der Waals surface area contributed by atoms with Gasteiger partial charge in [-0.1, -0.05) is 6.92 Å². The average molecular weight is 367 g/mol. The molecule has 2 unspecified atom stereocenters. The second-order valence-electron chi connectivity index (χ2n) is 5.11. The number of ether oxygens (including phenoxy) is 1. The third-order valence-electron chi connectivity index (χ3n) is 3.29. The summed E-state index contributed by atoms with van der Waals surface area (Å²) >= 11 is 1.50. The van der Waals surface area contributed by atoms with Gasteiger partial charge in [-0.15, -0.1) is 11.8 Å². The van der Waals surface area contributed by atoms with Gasteiger partial charge in [0, 0.05) is 11.7 Å². The lowest BCUT2D eigenvalue weighted by atomic mass is 10.1. The molecule has 0 aromatic heterocycles. The molecule has 0 aromatic carbocycles. The molecule has 0 N–H and O–H groups in total. The zero-order valence-corrected chi connectivity index (χ0v) is 15.9. The van der Waals surface area contributed by atoms with E-state index in [1.165, 1.54) is 16.7 Å². The molecular formula is C14H26NO6PS. The summed E-state index contributed by atoms with van der Waals surface area (Å²) in [6.07, 6.45) is 0.00419. The Bertz CT molecular complexity index is 451. The van der Waals surface area contributed by atoms with Crippen molar-refractivity contribution >= 4 is 31.2 Å². The molecule has 9 heteroatoms. The highest BCUT2D eigenvalue weighted by molar-refractivity contribution is 7.99. The van der Waals surface area contributed by atoms with E-state index in [1.54, 1.807) is 27.7 Å². The van der Waals surface area contributed by atoms with Gasteiger partial charge in [-0.3, -0.25) is 9.36 Å². The maximum Gasteiger partial charge on any atom is 0.331 e. The van der Waals surface area contributed by atoms with E-state index in [1.807, 2.05) is 0 Å². The summed E-state index contributed by atoms with van der Waals surface area (Å²) in [7, 11) is -3.30. The molecule has 0 bridgehead atoms. The zero-order valence-electron chi connectivity index (χ0n) is 14.1. The SMILES string of the molecule is CCOC(=O)C1CSCN1C(=O)C(C)CP(=O)(OCC)OCC. The van der Waals surface area contributed by atoms with Crippen molar-refractivity contribution in [2.75, 3.05) is 37.6 Å². The van der Waals surface area contributed by atoms with Crippen molar-refractivity contribution in [1.29, 1.82) is 0 Å². The van der Waals surface area contributed by atoms with Crippen LogP contribution < -0.4 is 0 Å². The van der Waals surface area contributed by atoms with Gasteiger partial charge >= 0.3 is 13.6 Å². The Hall–Kier alpha value is -0.560. The van der Waals surface area contributed by atoms with E-state index in [4.69, 9.17) is 13.8 Å². The van der Waals surface area contributed by atoms with Crippen molar-refractivity contribution in [3.63, 3.8) is 0 Å². The van der Waals surface area contributed by atoms with Crippen LogP contribution in [0.2, 0.25) is 0 Å². The fourth-order valence-corrected chi connectivity index (χ4v) is 5.37. The number of hydrogen-bond donors (Lipinski definition) is 0. The number of esters is 1. The van der Waals surface area contributed by atoms with Gasteiger partial charge in [0.25, 0.3) is 0 Å². The van der Waals surface area contributed by atoms with Gasteiger partial charge in [0.15, 0.2) is 0 Å². The molecule has 7 nitrogen and oxygen atoms in total. The third-order valence-corrected chi connectivity index (χ3v) is 6.61. The maximum absolute atomic E-state index is 12.6. The van der Waals surface area contributed by atoms with Crippen LogP contribution in [-0.4, -0.2) is 60.4 Å². The number of carbonyl (C=O) groups is 2. The molecule has 0 radical (unpaired) electrons. The van der Waals surface area contributed by atoms with Crippen LogP contribution in [-0.2, 0) is 27.9 Å². The van der Waals surface area contributed by atoms with Gasteiger partial charge in [-0.05, 0) is 20.8 Å². The minimum Gasteiger partial charge on any atom is -0.464 e. The summed E-state index contributed by atoms with van der Waals surface area (Å²) in [5.41, 5.74) is 0. The first-order chi connectivity index (χ1) is 10.9. The van der Waals surface area contributed by atoms with Gasteiger partial charge in [-0.25, -0.2) is 4.79 Å². The predicted molar refractivity (Wildman–Crippen MR) is 89.5 cm³/mol. The Kier molecular flexibility index (Phi) is 8.61. The van der Waals surface area contributed by atoms with Crippen LogP contribution in [0.1, 0.15) is 27.7 Å². The fourth-order valence-electron chi connectivity index (χ4n) is 2.33. The van der Waals surface area contributed by atoms with Crippen LogP contribution >= 0.6 is 19.4 Å². The quantitative estimate of drug-likeness (QED) is 0.457. The molecule has 1 saturated heterocycles. The standard InChI is InChI=1S/C14H26NO6PS/c1-5-19-14(17)12-9-23-10-15(12)13(16)11(4)8-22(18,20-6-2)21-7-3/h11-12H,5-10H2,1-4H3. The van der Waals surface area contributed by atoms with E-state index < -0.39 is 25.5 Å². The van der Waals surface area contributed by atoms with E-state index in [9.17, 15) is 14.2 Å². The molecule has 1 aliphatic rings. The topological polar surface area (TPSA) is 82.1 Å². The Morgan fingerprint density at radius 2 is 1.83 bits per heavy atom. The highest BCUT2D eigenvalue weighted by Crippen LogP contribution is 2.49. The van der Waals surface area contributed by atoms with E-state index in [-0.39, 0.29) is 31.9 Å². The van der Waals surface area contributed by atoms with Crippen LogP contribution in [0.25, 0.3) is 0 Å². The van der Waals surface area contributed by atoms with Crippen LogP contribution in [0.5, 0.6) is 0 Å². The Morgan fingerprint density at radius 1 is 1.22 bits per heavy atom. The lowest BCUT2D eigenvalue weighted by molar-refractivity contribution is -0.153. The molecule has 1 amide bonds. The molecule has 0 spiro atoms. The molecule has 1 rings (SSSR count). The summed E-state index contributed by atoms with van der Waals surface area (Å²) in [6.45, 7) is 7.65. The van der Waals surface area contributed by atoms with E-state index >= 15 is 0 Å². The molecule has 1 aliphatic heterocycles. The van der Waals surface area contributed by atoms with Crippen LogP contribution in [0.4, 0.5) is 0 Å². The number of amides is 1. The van der Waals surface area contributed by atoms with Crippen molar-refractivity contribution in [3.05, 3.63) is 0 Å². The molecule has 0 aliphatic carbocycles. The van der Waals surface area contributed by atoms with Gasteiger partial charge in [0.05, 0.1) is 31.9 Å². The molecule has 134 valence electrons. The molecule has 0 saturated carbocycles. The van der Waals surface area contributed by atoms with E-state index in [0.29, 0.717) is 11.6 Å². The monoisotopic (exact) mass is 367 g/mol. The number of carbonyl (C=O) groups excluding carboxylic acids is 2. The van der Waals surface area contributed by atoms with Crippen molar-refractivity contribution in [1.82, 2.24) is 4.90 Å². The van der Waals surface area contributed by atoms with E-state index in [2.05, 4.69) is 0 Å². The average Bonchev–Trinajstić information content (AvgIpc) is 2.96. The highest BCUT2D eigenvalue weighted by Gasteiger charge is 2.39. The molecule has 0 aromatic rings. The number of rotatable bonds is 9. The summed E-state index contributed by atoms with van der Waals surface area (Å²) < 4.78 is 28.0.